The van der Waals surface area contributed by atoms with Crippen LogP contribution in [0.5, 0.6) is 0 Å². The molecular weight excluding hydrogens is 232 g/mol. The Bertz CT molecular complexity index is 409. The van der Waals surface area contributed by atoms with Crippen molar-refractivity contribution in [2.24, 2.45) is 0 Å². The molecule has 0 amide bonds. The fraction of sp³-hybridized carbons (Fsp3) is 0.647. The van der Waals surface area contributed by atoms with Crippen LogP contribution in [0.25, 0.3) is 0 Å². The number of likely N-dealkylation sites (tertiary alicyclic amines) is 2. The minimum atomic E-state index is 0.820. The zero-order valence-corrected chi connectivity index (χ0v) is 12.1. The Kier molecular flexibility index (Phi) is 4.19. The maximum atomic E-state index is 2.73. The second-order valence-corrected chi connectivity index (χ2v) is 6.20. The van der Waals surface area contributed by atoms with E-state index in [0.717, 1.165) is 12.6 Å². The van der Waals surface area contributed by atoms with E-state index >= 15 is 0 Å². The first-order valence-electron chi connectivity index (χ1n) is 7.84. The zero-order chi connectivity index (χ0) is 13.1. The minimum absolute atomic E-state index is 0.820. The van der Waals surface area contributed by atoms with E-state index in [9.17, 15) is 0 Å². The van der Waals surface area contributed by atoms with Crippen LogP contribution in [0, 0.1) is 6.92 Å². The van der Waals surface area contributed by atoms with Crippen LogP contribution < -0.4 is 0 Å². The van der Waals surface area contributed by atoms with Gasteiger partial charge in [0.1, 0.15) is 0 Å². The number of rotatable bonds is 3. The smallest absolute Gasteiger partial charge is 0.0237 e. The Morgan fingerprint density at radius 1 is 1.05 bits per heavy atom. The van der Waals surface area contributed by atoms with E-state index in [2.05, 4.69) is 41.0 Å². The third kappa shape index (κ3) is 3.18. The van der Waals surface area contributed by atoms with Gasteiger partial charge in [0.05, 0.1) is 0 Å². The van der Waals surface area contributed by atoms with Gasteiger partial charge in [-0.1, -0.05) is 24.3 Å². The number of hydrogen-bond donors (Lipinski definition) is 0. The Labute approximate surface area is 117 Å². The summed E-state index contributed by atoms with van der Waals surface area (Å²) in [6.45, 7) is 8.59. The molecule has 1 atom stereocenters. The molecule has 1 aromatic rings. The first-order chi connectivity index (χ1) is 9.33. The molecule has 2 nitrogen and oxygen atoms in total. The molecule has 0 saturated carbocycles. The van der Waals surface area contributed by atoms with Gasteiger partial charge in [-0.15, -0.1) is 0 Å². The predicted octanol–water partition coefficient (Wildman–Crippen LogP) is 3.06. The first-order valence-corrected chi connectivity index (χ1v) is 7.84. The maximum absolute atomic E-state index is 2.73. The van der Waals surface area contributed by atoms with Crippen molar-refractivity contribution >= 4 is 0 Å². The van der Waals surface area contributed by atoms with E-state index in [1.54, 1.807) is 0 Å². The van der Waals surface area contributed by atoms with Crippen molar-refractivity contribution in [1.82, 2.24) is 9.80 Å². The zero-order valence-electron chi connectivity index (χ0n) is 12.1. The van der Waals surface area contributed by atoms with Crippen LogP contribution in [-0.2, 0) is 6.54 Å². The second kappa shape index (κ2) is 6.06. The molecular formula is C17H26N2. The molecule has 0 aliphatic carbocycles. The molecule has 2 heterocycles. The molecule has 2 heteroatoms. The number of nitrogens with zero attached hydrogens (tertiary/aromatic N) is 2. The quantitative estimate of drug-likeness (QED) is 0.822. The van der Waals surface area contributed by atoms with Gasteiger partial charge < -0.3 is 0 Å². The normalized spacial score (nSPS) is 25.8. The lowest BCUT2D eigenvalue weighted by Crippen LogP contribution is -2.46. The second-order valence-electron chi connectivity index (χ2n) is 6.20. The van der Waals surface area contributed by atoms with Crippen molar-refractivity contribution in [3.05, 3.63) is 35.4 Å². The van der Waals surface area contributed by atoms with Gasteiger partial charge in [0, 0.05) is 19.1 Å². The number of benzene rings is 1. The molecule has 0 spiro atoms. The summed E-state index contributed by atoms with van der Waals surface area (Å²) in [7, 11) is 0. The molecule has 1 aromatic carbocycles. The molecule has 2 fully saturated rings. The van der Waals surface area contributed by atoms with E-state index in [1.807, 2.05) is 0 Å². The van der Waals surface area contributed by atoms with Crippen molar-refractivity contribution in [3.8, 4) is 0 Å². The monoisotopic (exact) mass is 258 g/mol. The summed E-state index contributed by atoms with van der Waals surface area (Å²) in [5.74, 6) is 0. The van der Waals surface area contributed by atoms with Gasteiger partial charge in [-0.2, -0.15) is 0 Å². The van der Waals surface area contributed by atoms with Gasteiger partial charge in [-0.05, 0) is 63.4 Å². The average Bonchev–Trinajstić information content (AvgIpc) is 2.96. The fourth-order valence-corrected chi connectivity index (χ4v) is 3.61. The van der Waals surface area contributed by atoms with Gasteiger partial charge in [0.2, 0.25) is 0 Å². The standard InChI is InChI=1S/C17H26N2/c1-15-7-2-3-8-16(15)13-18-10-6-9-17(14-18)19-11-4-5-12-19/h2-3,7-8,17H,4-6,9-14H2,1H3. The summed E-state index contributed by atoms with van der Waals surface area (Å²) >= 11 is 0. The van der Waals surface area contributed by atoms with Crippen molar-refractivity contribution in [3.63, 3.8) is 0 Å². The summed E-state index contributed by atoms with van der Waals surface area (Å²) in [6, 6.07) is 9.65. The number of aryl methyl sites for hydroxylation is 1. The lowest BCUT2D eigenvalue weighted by Gasteiger charge is -2.37. The van der Waals surface area contributed by atoms with Crippen LogP contribution >= 0.6 is 0 Å². The largest absolute Gasteiger partial charge is 0.299 e. The highest BCUT2D eigenvalue weighted by Crippen LogP contribution is 2.22. The summed E-state index contributed by atoms with van der Waals surface area (Å²) in [5, 5.41) is 0. The van der Waals surface area contributed by atoms with Crippen LogP contribution in [0.3, 0.4) is 0 Å². The molecule has 0 bridgehead atoms. The van der Waals surface area contributed by atoms with Crippen LogP contribution in [0.15, 0.2) is 24.3 Å². The summed E-state index contributed by atoms with van der Waals surface area (Å²) in [6.07, 6.45) is 5.60. The van der Waals surface area contributed by atoms with Gasteiger partial charge in [0.15, 0.2) is 0 Å². The molecule has 0 N–H and O–H groups in total. The maximum Gasteiger partial charge on any atom is 0.0237 e. The molecule has 1 unspecified atom stereocenters. The molecule has 0 aromatic heterocycles. The Hall–Kier alpha value is -0.860. The van der Waals surface area contributed by atoms with Crippen LogP contribution in [-0.4, -0.2) is 42.0 Å². The Balaban J connectivity index is 1.60. The summed E-state index contributed by atoms with van der Waals surface area (Å²) < 4.78 is 0. The van der Waals surface area contributed by atoms with Crippen LogP contribution in [0.2, 0.25) is 0 Å². The SMILES string of the molecule is Cc1ccccc1CN1CCCC(N2CCCC2)C1. The fourth-order valence-electron chi connectivity index (χ4n) is 3.61. The predicted molar refractivity (Wildman–Crippen MR) is 80.3 cm³/mol. The van der Waals surface area contributed by atoms with E-state index in [4.69, 9.17) is 0 Å². The lowest BCUT2D eigenvalue weighted by atomic mass is 10.0. The molecule has 2 aliphatic heterocycles. The van der Waals surface area contributed by atoms with Gasteiger partial charge in [0.25, 0.3) is 0 Å². The topological polar surface area (TPSA) is 6.48 Å². The van der Waals surface area contributed by atoms with Crippen molar-refractivity contribution in [2.75, 3.05) is 26.2 Å². The molecule has 3 rings (SSSR count). The highest BCUT2D eigenvalue weighted by atomic mass is 15.2. The number of hydrogen-bond acceptors (Lipinski definition) is 2. The van der Waals surface area contributed by atoms with Crippen LogP contribution in [0.1, 0.15) is 36.8 Å². The summed E-state index contributed by atoms with van der Waals surface area (Å²) in [4.78, 5) is 5.39. The van der Waals surface area contributed by atoms with E-state index in [-0.39, 0.29) is 0 Å². The van der Waals surface area contributed by atoms with Gasteiger partial charge in [-0.3, -0.25) is 9.80 Å². The summed E-state index contributed by atoms with van der Waals surface area (Å²) in [5.41, 5.74) is 2.94. The molecule has 2 saturated heterocycles. The van der Waals surface area contributed by atoms with Crippen molar-refractivity contribution in [2.45, 2.75) is 45.2 Å². The van der Waals surface area contributed by atoms with Gasteiger partial charge in [-0.25, -0.2) is 0 Å². The third-order valence-electron chi connectivity index (χ3n) is 4.79. The van der Waals surface area contributed by atoms with E-state index < -0.39 is 0 Å². The molecule has 104 valence electrons. The van der Waals surface area contributed by atoms with Gasteiger partial charge >= 0.3 is 0 Å². The molecule has 19 heavy (non-hydrogen) atoms. The minimum Gasteiger partial charge on any atom is -0.299 e. The average molecular weight is 258 g/mol. The highest BCUT2D eigenvalue weighted by Gasteiger charge is 2.26. The Morgan fingerprint density at radius 2 is 1.84 bits per heavy atom. The third-order valence-corrected chi connectivity index (χ3v) is 4.79. The first kappa shape index (κ1) is 13.1. The van der Waals surface area contributed by atoms with Crippen LogP contribution in [0.4, 0.5) is 0 Å². The van der Waals surface area contributed by atoms with Crippen molar-refractivity contribution in [1.29, 1.82) is 0 Å². The Morgan fingerprint density at radius 3 is 2.63 bits per heavy atom. The van der Waals surface area contributed by atoms with E-state index in [1.165, 1.54) is 63.0 Å². The number of piperidine rings is 1. The molecule has 2 aliphatic rings. The van der Waals surface area contributed by atoms with E-state index in [0.29, 0.717) is 0 Å². The lowest BCUT2D eigenvalue weighted by molar-refractivity contribution is 0.110. The van der Waals surface area contributed by atoms with Crippen molar-refractivity contribution < 1.29 is 0 Å². The molecule has 0 radical (unpaired) electrons. The highest BCUT2D eigenvalue weighted by molar-refractivity contribution is 5.25.